The van der Waals surface area contributed by atoms with E-state index in [0.717, 1.165) is 0 Å². The minimum absolute atomic E-state index is 0.385. The predicted molar refractivity (Wildman–Crippen MR) is 183 cm³/mol. The standard InChI is InChI=1S/C42H26O/c1-2-10-27(11-3-1)28-18-20-30(21-19-28)40-33-14-6-8-16-35(33)41(36-17-9-7-15-34(36)40)31-23-24-38-37(26-31)42-32-13-5-4-12-29(32)22-25-39(42)43-38/h1-26H/i1D,2D,3D,4D,5D,6D,7D,8D,9D,10D,11D,12D,13D,14D,15D,16D,17D,18D,19D,20D,21D,22D,23D,24D,25D,26D. The Morgan fingerprint density at radius 2 is 0.837 bits per heavy atom. The van der Waals surface area contributed by atoms with Crippen LogP contribution in [0.2, 0.25) is 0 Å². The molecule has 0 saturated carbocycles. The largest absolute Gasteiger partial charge is 0.456 e. The van der Waals surface area contributed by atoms with Crippen molar-refractivity contribution in [2.24, 2.45) is 0 Å². The minimum atomic E-state index is -1.05. The number of rotatable bonds is 3. The lowest BCUT2D eigenvalue weighted by Gasteiger charge is -2.18. The maximum absolute atomic E-state index is 9.82. The van der Waals surface area contributed by atoms with Crippen LogP contribution in [0.5, 0.6) is 0 Å². The van der Waals surface area contributed by atoms with E-state index in [4.69, 9.17) is 27.7 Å². The first kappa shape index (κ1) is 9.69. The zero-order valence-electron chi connectivity index (χ0n) is 47.4. The first-order chi connectivity index (χ1) is 32.2. The molecule has 1 heterocycles. The van der Waals surface area contributed by atoms with E-state index < -0.39 is 239 Å². The Balaban J connectivity index is 1.58. The molecule has 0 aliphatic heterocycles. The summed E-state index contributed by atoms with van der Waals surface area (Å²) in [5, 5.41) is -4.63. The quantitative estimate of drug-likeness (QED) is 0.192. The van der Waals surface area contributed by atoms with E-state index in [9.17, 15) is 12.3 Å². The Hall–Kier alpha value is -5.66. The lowest BCUT2D eigenvalue weighted by molar-refractivity contribution is 0.669. The van der Waals surface area contributed by atoms with E-state index in [-0.39, 0.29) is 5.39 Å². The fourth-order valence-electron chi connectivity index (χ4n) is 5.14. The zero-order valence-corrected chi connectivity index (χ0v) is 21.4. The van der Waals surface area contributed by atoms with Crippen LogP contribution in [0, 0.1) is 0 Å². The normalized spacial score (nSPS) is 20.2. The van der Waals surface area contributed by atoms with Crippen LogP contribution >= 0.6 is 0 Å². The molecule has 0 aliphatic carbocycles. The van der Waals surface area contributed by atoms with E-state index in [1.807, 2.05) is 0 Å². The van der Waals surface area contributed by atoms with Gasteiger partial charge in [0.25, 0.3) is 0 Å². The van der Waals surface area contributed by atoms with E-state index in [1.54, 1.807) is 0 Å². The highest BCUT2D eigenvalue weighted by Crippen LogP contribution is 2.45. The molecule has 0 radical (unpaired) electrons. The molecule has 43 heavy (non-hydrogen) atoms. The average molecular weight is 573 g/mol. The molecule has 1 heteroatoms. The van der Waals surface area contributed by atoms with Crippen molar-refractivity contribution in [2.45, 2.75) is 0 Å². The molecule has 0 N–H and O–H groups in total. The maximum atomic E-state index is 9.82. The summed E-state index contributed by atoms with van der Waals surface area (Å²) in [7, 11) is 0. The summed E-state index contributed by atoms with van der Waals surface area (Å²) in [6.45, 7) is 0. The lowest BCUT2D eigenvalue weighted by Crippen LogP contribution is -1.91. The van der Waals surface area contributed by atoms with Gasteiger partial charge in [-0.15, -0.1) is 0 Å². The third kappa shape index (κ3) is 3.72. The second-order valence-electron chi connectivity index (χ2n) is 9.26. The van der Waals surface area contributed by atoms with Crippen molar-refractivity contribution in [3.63, 3.8) is 0 Å². The molecule has 0 spiro atoms. The SMILES string of the molecule is [2H]c1c([2H])c([2H])c(-c2c([2H])c([2H])c(-c3c4c([2H])c([2H])c([2H])c([2H])c4c(-c4c([2H])c([2H])c5oc6c([2H])c([2H])c7c([2H])c([2H])c([2H])c([2H])c7c6c5c4[2H])c4c([2H])c([2H])c([2H])c([2H])c34)c([2H])c2[2H])c([2H])c1[2H]. The predicted octanol–water partition coefficient (Wildman–Crippen LogP) is 12.0. The molecular formula is C42H26O. The van der Waals surface area contributed by atoms with E-state index in [2.05, 4.69) is 0 Å². The van der Waals surface area contributed by atoms with Gasteiger partial charge in [-0.1, -0.05) is 139 Å². The monoisotopic (exact) mass is 572 g/mol. The molecule has 0 saturated heterocycles. The van der Waals surface area contributed by atoms with Crippen LogP contribution in [0.3, 0.4) is 0 Å². The Kier molecular flexibility index (Phi) is 2.13. The molecule has 0 aliphatic rings. The lowest BCUT2D eigenvalue weighted by atomic mass is 9.85. The van der Waals surface area contributed by atoms with Crippen molar-refractivity contribution in [3.8, 4) is 33.4 Å². The molecule has 1 nitrogen and oxygen atoms in total. The molecule has 200 valence electrons. The zero-order chi connectivity index (χ0) is 51.0. The Labute approximate surface area is 285 Å². The highest BCUT2D eigenvalue weighted by Gasteiger charge is 2.18. The van der Waals surface area contributed by atoms with Crippen molar-refractivity contribution < 1.29 is 40.1 Å². The Morgan fingerprint density at radius 3 is 1.51 bits per heavy atom. The van der Waals surface area contributed by atoms with Crippen LogP contribution in [-0.2, 0) is 0 Å². The fraction of sp³-hybridized carbons (Fsp3) is 0. The number of hydrogen-bond donors (Lipinski definition) is 0. The van der Waals surface area contributed by atoms with Crippen LogP contribution in [0.25, 0.3) is 87.6 Å². The summed E-state index contributed by atoms with van der Waals surface area (Å²) in [6.07, 6.45) is 0. The highest BCUT2D eigenvalue weighted by molar-refractivity contribution is 6.23. The molecule has 0 amide bonds. The average Bonchev–Trinajstić information content (AvgIpc) is 3.73. The summed E-state index contributed by atoms with van der Waals surface area (Å²) >= 11 is 0. The summed E-state index contributed by atoms with van der Waals surface area (Å²) in [5.74, 6) is 0. The molecule has 9 rings (SSSR count). The van der Waals surface area contributed by atoms with Gasteiger partial charge in [-0.3, -0.25) is 0 Å². The number of hydrogen-bond acceptors (Lipinski definition) is 1. The second kappa shape index (κ2) is 9.44. The third-order valence-electron chi connectivity index (χ3n) is 6.95. The summed E-state index contributed by atoms with van der Waals surface area (Å²) in [6, 6.07) is -23.4. The van der Waals surface area contributed by atoms with Crippen molar-refractivity contribution in [3.05, 3.63) is 157 Å². The van der Waals surface area contributed by atoms with Crippen molar-refractivity contribution >= 4 is 54.3 Å². The second-order valence-corrected chi connectivity index (χ2v) is 9.26. The van der Waals surface area contributed by atoms with Crippen LogP contribution in [-0.4, -0.2) is 0 Å². The third-order valence-corrected chi connectivity index (χ3v) is 6.95. The first-order valence-corrected chi connectivity index (χ1v) is 12.7. The summed E-state index contributed by atoms with van der Waals surface area (Å²) < 4.78 is 237. The van der Waals surface area contributed by atoms with E-state index >= 15 is 0 Å². The van der Waals surface area contributed by atoms with E-state index in [1.165, 1.54) is 0 Å². The highest BCUT2D eigenvalue weighted by atomic mass is 16.3. The summed E-state index contributed by atoms with van der Waals surface area (Å²) in [4.78, 5) is 0. The van der Waals surface area contributed by atoms with Gasteiger partial charge in [0.1, 0.15) is 11.2 Å². The number of benzene rings is 8. The van der Waals surface area contributed by atoms with Gasteiger partial charge in [0.2, 0.25) is 0 Å². The molecular weight excluding hydrogens is 520 g/mol. The van der Waals surface area contributed by atoms with E-state index in [0.29, 0.717) is 0 Å². The van der Waals surface area contributed by atoms with Gasteiger partial charge in [0, 0.05) is 10.8 Å². The van der Waals surface area contributed by atoms with Gasteiger partial charge in [-0.25, -0.2) is 0 Å². The van der Waals surface area contributed by atoms with Gasteiger partial charge in [0.05, 0.1) is 35.6 Å². The first-order valence-electron chi connectivity index (χ1n) is 25.7. The van der Waals surface area contributed by atoms with Crippen LogP contribution in [0.4, 0.5) is 0 Å². The van der Waals surface area contributed by atoms with Crippen LogP contribution in [0.15, 0.2) is 162 Å². The fourth-order valence-corrected chi connectivity index (χ4v) is 5.14. The van der Waals surface area contributed by atoms with Crippen LogP contribution in [0.1, 0.15) is 35.6 Å². The van der Waals surface area contributed by atoms with Gasteiger partial charge in [-0.2, -0.15) is 0 Å². The molecule has 9 aromatic rings. The Morgan fingerprint density at radius 1 is 0.349 bits per heavy atom. The number of fused-ring (bicyclic) bond motifs is 7. The minimum Gasteiger partial charge on any atom is -0.456 e. The van der Waals surface area contributed by atoms with Crippen molar-refractivity contribution in [2.75, 3.05) is 0 Å². The molecule has 0 atom stereocenters. The Bertz CT molecular complexity index is 3830. The molecule has 0 unspecified atom stereocenters. The van der Waals surface area contributed by atoms with Crippen molar-refractivity contribution in [1.29, 1.82) is 0 Å². The van der Waals surface area contributed by atoms with Gasteiger partial charge in [-0.05, 0) is 83.8 Å². The van der Waals surface area contributed by atoms with Gasteiger partial charge in [0.15, 0.2) is 0 Å². The number of furan rings is 1. The van der Waals surface area contributed by atoms with Gasteiger partial charge >= 0.3 is 0 Å². The maximum Gasteiger partial charge on any atom is 0.136 e. The molecule has 0 bridgehead atoms. The molecule has 1 aromatic heterocycles. The topological polar surface area (TPSA) is 13.1 Å². The smallest absolute Gasteiger partial charge is 0.136 e. The summed E-state index contributed by atoms with van der Waals surface area (Å²) in [5.41, 5.74) is -5.62. The van der Waals surface area contributed by atoms with Crippen molar-refractivity contribution in [1.82, 2.24) is 0 Å². The van der Waals surface area contributed by atoms with Gasteiger partial charge < -0.3 is 4.42 Å². The molecule has 0 fully saturated rings. The molecule has 8 aromatic carbocycles. The van der Waals surface area contributed by atoms with Crippen LogP contribution < -0.4 is 0 Å².